The van der Waals surface area contributed by atoms with Crippen LogP contribution in [0.2, 0.25) is 5.02 Å². The van der Waals surface area contributed by atoms with E-state index in [9.17, 15) is 9.18 Å². The Hall–Kier alpha value is -1.92. The second-order valence-corrected chi connectivity index (χ2v) is 5.40. The second kappa shape index (κ2) is 5.22. The lowest BCUT2D eigenvalue weighted by Crippen LogP contribution is -2.14. The van der Waals surface area contributed by atoms with Crippen molar-refractivity contribution in [2.45, 2.75) is 6.54 Å². The van der Waals surface area contributed by atoms with Gasteiger partial charge >= 0.3 is 0 Å². The standard InChI is InChI=1S/C13H9ClFN3OS/c14-10-5-8(1-2-11(10)15)16-7-9-6-12(19)18-3-4-20-13(18)17-9/h1-6,16H,7H2. The first-order valence-electron chi connectivity index (χ1n) is 5.78. The van der Waals surface area contributed by atoms with Gasteiger partial charge in [-0.05, 0) is 18.2 Å². The number of fused-ring (bicyclic) bond motifs is 1. The fourth-order valence-corrected chi connectivity index (χ4v) is 2.70. The topological polar surface area (TPSA) is 46.4 Å². The van der Waals surface area contributed by atoms with E-state index in [1.165, 1.54) is 33.9 Å². The zero-order chi connectivity index (χ0) is 14.1. The van der Waals surface area contributed by atoms with E-state index in [1.54, 1.807) is 17.6 Å². The van der Waals surface area contributed by atoms with Gasteiger partial charge in [0.25, 0.3) is 5.56 Å². The summed E-state index contributed by atoms with van der Waals surface area (Å²) in [7, 11) is 0. The lowest BCUT2D eigenvalue weighted by Gasteiger charge is -2.06. The van der Waals surface area contributed by atoms with Crippen molar-refractivity contribution in [2.24, 2.45) is 0 Å². The maximum Gasteiger partial charge on any atom is 0.258 e. The number of halogens is 2. The molecule has 0 spiro atoms. The Bertz CT molecular complexity index is 830. The molecule has 0 aliphatic heterocycles. The molecule has 7 heteroatoms. The summed E-state index contributed by atoms with van der Waals surface area (Å²) in [6.45, 7) is 0.367. The SMILES string of the molecule is O=c1cc(CNc2ccc(F)c(Cl)c2)nc2sccn12. The summed E-state index contributed by atoms with van der Waals surface area (Å²) >= 11 is 7.10. The molecule has 2 heterocycles. The molecule has 3 aromatic rings. The fourth-order valence-electron chi connectivity index (χ4n) is 1.78. The average molecular weight is 310 g/mol. The quantitative estimate of drug-likeness (QED) is 0.808. The number of anilines is 1. The maximum absolute atomic E-state index is 13.0. The molecule has 0 saturated heterocycles. The molecule has 102 valence electrons. The van der Waals surface area contributed by atoms with Gasteiger partial charge in [-0.1, -0.05) is 11.6 Å². The molecule has 0 radical (unpaired) electrons. The van der Waals surface area contributed by atoms with Crippen LogP contribution in [0.15, 0.2) is 40.6 Å². The number of aromatic nitrogens is 2. The van der Waals surface area contributed by atoms with E-state index in [4.69, 9.17) is 11.6 Å². The molecule has 0 unspecified atom stereocenters. The molecule has 0 saturated carbocycles. The predicted octanol–water partition coefficient (Wildman–Crippen LogP) is 3.16. The van der Waals surface area contributed by atoms with Crippen LogP contribution in [-0.4, -0.2) is 9.38 Å². The van der Waals surface area contributed by atoms with Gasteiger partial charge in [0.1, 0.15) is 5.82 Å². The molecular formula is C13H9ClFN3OS. The van der Waals surface area contributed by atoms with Gasteiger partial charge in [0.2, 0.25) is 0 Å². The predicted molar refractivity (Wildman–Crippen MR) is 78.1 cm³/mol. The summed E-state index contributed by atoms with van der Waals surface area (Å²) in [5, 5.41) is 4.91. The summed E-state index contributed by atoms with van der Waals surface area (Å²) in [5.74, 6) is -0.464. The zero-order valence-corrected chi connectivity index (χ0v) is 11.7. The third-order valence-electron chi connectivity index (χ3n) is 2.75. The summed E-state index contributed by atoms with van der Waals surface area (Å²) < 4.78 is 14.5. The van der Waals surface area contributed by atoms with Gasteiger partial charge in [-0.3, -0.25) is 9.20 Å². The maximum atomic E-state index is 13.0. The first kappa shape index (κ1) is 13.1. The number of thiazole rings is 1. The Kier molecular flexibility index (Phi) is 3.42. The van der Waals surface area contributed by atoms with Gasteiger partial charge in [-0.25, -0.2) is 9.37 Å². The van der Waals surface area contributed by atoms with Crippen LogP contribution < -0.4 is 10.9 Å². The zero-order valence-electron chi connectivity index (χ0n) is 10.1. The van der Waals surface area contributed by atoms with Gasteiger partial charge in [-0.2, -0.15) is 0 Å². The van der Waals surface area contributed by atoms with Crippen LogP contribution in [0, 0.1) is 5.82 Å². The average Bonchev–Trinajstić information content (AvgIpc) is 2.89. The van der Waals surface area contributed by atoms with Crippen molar-refractivity contribution < 1.29 is 4.39 Å². The molecule has 3 rings (SSSR count). The Morgan fingerprint density at radius 2 is 2.25 bits per heavy atom. The Balaban J connectivity index is 1.82. The highest BCUT2D eigenvalue weighted by atomic mass is 35.5. The molecule has 0 bridgehead atoms. The first-order chi connectivity index (χ1) is 9.63. The minimum Gasteiger partial charge on any atom is -0.379 e. The van der Waals surface area contributed by atoms with Gasteiger partial charge in [-0.15, -0.1) is 11.3 Å². The highest BCUT2D eigenvalue weighted by Crippen LogP contribution is 2.19. The van der Waals surface area contributed by atoms with Crippen molar-refractivity contribution >= 4 is 33.6 Å². The smallest absolute Gasteiger partial charge is 0.258 e. The minimum atomic E-state index is -0.464. The lowest BCUT2D eigenvalue weighted by molar-refractivity contribution is 0.628. The summed E-state index contributed by atoms with van der Waals surface area (Å²) in [5.41, 5.74) is 1.17. The Morgan fingerprint density at radius 3 is 3.05 bits per heavy atom. The van der Waals surface area contributed by atoms with E-state index in [0.29, 0.717) is 22.9 Å². The van der Waals surface area contributed by atoms with E-state index in [2.05, 4.69) is 10.3 Å². The molecular weight excluding hydrogens is 301 g/mol. The van der Waals surface area contributed by atoms with Gasteiger partial charge in [0.05, 0.1) is 17.3 Å². The molecule has 2 aromatic heterocycles. The van der Waals surface area contributed by atoms with Crippen LogP contribution in [-0.2, 0) is 6.54 Å². The highest BCUT2D eigenvalue weighted by Gasteiger charge is 2.04. The lowest BCUT2D eigenvalue weighted by atomic mass is 10.3. The molecule has 1 N–H and O–H groups in total. The number of hydrogen-bond acceptors (Lipinski definition) is 4. The summed E-state index contributed by atoms with van der Waals surface area (Å²) in [6, 6.07) is 5.83. The summed E-state index contributed by atoms with van der Waals surface area (Å²) in [6.07, 6.45) is 1.69. The molecule has 4 nitrogen and oxygen atoms in total. The molecule has 0 amide bonds. The van der Waals surface area contributed by atoms with Crippen LogP contribution >= 0.6 is 22.9 Å². The first-order valence-corrected chi connectivity index (χ1v) is 7.04. The normalized spacial score (nSPS) is 10.9. The van der Waals surface area contributed by atoms with E-state index >= 15 is 0 Å². The van der Waals surface area contributed by atoms with E-state index < -0.39 is 5.82 Å². The third kappa shape index (κ3) is 2.52. The van der Waals surface area contributed by atoms with E-state index in [1.807, 2.05) is 0 Å². The van der Waals surface area contributed by atoms with Gasteiger partial charge in [0.15, 0.2) is 4.96 Å². The Labute approximate surface area is 122 Å². The third-order valence-corrected chi connectivity index (χ3v) is 3.80. The van der Waals surface area contributed by atoms with Crippen molar-refractivity contribution in [3.05, 3.63) is 62.7 Å². The number of hydrogen-bond donors (Lipinski definition) is 1. The largest absolute Gasteiger partial charge is 0.379 e. The summed E-state index contributed by atoms with van der Waals surface area (Å²) in [4.78, 5) is 16.8. The van der Waals surface area contributed by atoms with E-state index in [-0.39, 0.29) is 10.6 Å². The molecule has 0 atom stereocenters. The van der Waals surface area contributed by atoms with Gasteiger partial charge in [0, 0.05) is 23.3 Å². The molecule has 0 aliphatic rings. The van der Waals surface area contributed by atoms with Crippen molar-refractivity contribution in [1.29, 1.82) is 0 Å². The van der Waals surface area contributed by atoms with Crippen molar-refractivity contribution in [3.63, 3.8) is 0 Å². The van der Waals surface area contributed by atoms with Crippen LogP contribution in [0.3, 0.4) is 0 Å². The fraction of sp³-hybridized carbons (Fsp3) is 0.0769. The van der Waals surface area contributed by atoms with Crippen molar-refractivity contribution in [2.75, 3.05) is 5.32 Å². The highest BCUT2D eigenvalue weighted by molar-refractivity contribution is 7.15. The van der Waals surface area contributed by atoms with Crippen molar-refractivity contribution in [1.82, 2.24) is 9.38 Å². The molecule has 20 heavy (non-hydrogen) atoms. The number of rotatable bonds is 3. The van der Waals surface area contributed by atoms with Crippen LogP contribution in [0.5, 0.6) is 0 Å². The second-order valence-electron chi connectivity index (χ2n) is 4.12. The molecule has 0 aliphatic carbocycles. The van der Waals surface area contributed by atoms with Crippen LogP contribution in [0.4, 0.5) is 10.1 Å². The number of nitrogens with zero attached hydrogens (tertiary/aromatic N) is 2. The number of benzene rings is 1. The van der Waals surface area contributed by atoms with Gasteiger partial charge < -0.3 is 5.32 Å². The van der Waals surface area contributed by atoms with Crippen LogP contribution in [0.1, 0.15) is 5.69 Å². The number of nitrogens with one attached hydrogen (secondary N) is 1. The Morgan fingerprint density at radius 1 is 1.40 bits per heavy atom. The molecule has 0 fully saturated rings. The minimum absolute atomic E-state index is 0.0525. The molecule has 1 aromatic carbocycles. The van der Waals surface area contributed by atoms with Crippen LogP contribution in [0.25, 0.3) is 4.96 Å². The van der Waals surface area contributed by atoms with Crippen molar-refractivity contribution in [3.8, 4) is 0 Å². The monoisotopic (exact) mass is 309 g/mol. The van der Waals surface area contributed by atoms with E-state index in [0.717, 1.165) is 0 Å².